The summed E-state index contributed by atoms with van der Waals surface area (Å²) in [5.41, 5.74) is 5.71. The highest BCUT2D eigenvalue weighted by Crippen LogP contribution is 2.24. The normalized spacial score (nSPS) is 11.4. The summed E-state index contributed by atoms with van der Waals surface area (Å²) < 4.78 is 30.3. The molecule has 0 aliphatic rings. The van der Waals surface area contributed by atoms with Gasteiger partial charge < -0.3 is 10.5 Å². The predicted molar refractivity (Wildman–Crippen MR) is 63.1 cm³/mol. The number of nitrogen functional groups attached to an aromatic ring is 1. The summed E-state index contributed by atoms with van der Waals surface area (Å²) in [5.74, 6) is -0.633. The molecule has 96 valence electrons. The van der Waals surface area contributed by atoms with E-state index in [0.29, 0.717) is 5.69 Å². The van der Waals surface area contributed by atoms with Gasteiger partial charge in [0.25, 0.3) is 10.0 Å². The number of carbonyl (C=O) groups is 1. The molecule has 0 atom stereocenters. The van der Waals surface area contributed by atoms with Crippen molar-refractivity contribution in [3.05, 3.63) is 5.69 Å². The monoisotopic (exact) mass is 279 g/mol. The minimum absolute atomic E-state index is 0.0132. The number of thiazole rings is 1. The Morgan fingerprint density at radius 1 is 1.59 bits per heavy atom. The summed E-state index contributed by atoms with van der Waals surface area (Å²) in [4.78, 5) is 14.8. The molecule has 17 heavy (non-hydrogen) atoms. The van der Waals surface area contributed by atoms with Gasteiger partial charge in [0.1, 0.15) is 6.54 Å². The molecule has 1 rings (SSSR count). The number of carbonyl (C=O) groups excluding carboxylic acids is 1. The fourth-order valence-electron chi connectivity index (χ4n) is 1.08. The van der Waals surface area contributed by atoms with Crippen molar-refractivity contribution in [2.24, 2.45) is 0 Å². The molecule has 3 N–H and O–H groups in total. The average Bonchev–Trinajstić information content (AvgIpc) is 2.56. The maximum Gasteiger partial charge on any atom is 0.321 e. The molecule has 0 amide bonds. The molecule has 0 aromatic carbocycles. The first-order valence-corrected chi connectivity index (χ1v) is 7.05. The maximum atomic E-state index is 11.8. The Kier molecular flexibility index (Phi) is 4.43. The van der Waals surface area contributed by atoms with Gasteiger partial charge in [-0.3, -0.25) is 4.79 Å². The zero-order valence-electron chi connectivity index (χ0n) is 9.39. The largest absolute Gasteiger partial charge is 0.465 e. The highest BCUT2D eigenvalue weighted by molar-refractivity contribution is 7.91. The highest BCUT2D eigenvalue weighted by atomic mass is 32.2. The number of hydrogen-bond acceptors (Lipinski definition) is 7. The second kappa shape index (κ2) is 5.43. The zero-order chi connectivity index (χ0) is 13.1. The average molecular weight is 279 g/mol. The Morgan fingerprint density at radius 2 is 2.24 bits per heavy atom. The zero-order valence-corrected chi connectivity index (χ0v) is 11.0. The quantitative estimate of drug-likeness (QED) is 0.726. The molecule has 0 spiro atoms. The van der Waals surface area contributed by atoms with Gasteiger partial charge in [-0.1, -0.05) is 11.3 Å². The first-order valence-electron chi connectivity index (χ1n) is 4.75. The summed E-state index contributed by atoms with van der Waals surface area (Å²) in [6, 6.07) is 0. The second-order valence-electron chi connectivity index (χ2n) is 3.05. The number of nitrogens with one attached hydrogen (secondary N) is 1. The smallest absolute Gasteiger partial charge is 0.321 e. The number of anilines is 1. The van der Waals surface area contributed by atoms with Crippen LogP contribution in [-0.2, 0) is 19.6 Å². The van der Waals surface area contributed by atoms with Crippen LogP contribution in [0.15, 0.2) is 4.21 Å². The lowest BCUT2D eigenvalue weighted by molar-refractivity contribution is -0.141. The standard InChI is InChI=1S/C8H13N3O4S2/c1-3-15-6(12)4-10-17(13,14)7-5(2)11-8(9)16-7/h10H,3-4H2,1-2H3,(H2,9,11). The number of ether oxygens (including phenoxy) is 1. The highest BCUT2D eigenvalue weighted by Gasteiger charge is 2.22. The number of rotatable bonds is 5. The summed E-state index contributed by atoms with van der Waals surface area (Å²) in [6.07, 6.45) is 0. The number of sulfonamides is 1. The van der Waals surface area contributed by atoms with Gasteiger partial charge in [0.05, 0.1) is 12.3 Å². The van der Waals surface area contributed by atoms with Gasteiger partial charge in [0.2, 0.25) is 0 Å². The number of nitrogens with two attached hydrogens (primary N) is 1. The van der Waals surface area contributed by atoms with Gasteiger partial charge in [-0.05, 0) is 13.8 Å². The number of esters is 1. The van der Waals surface area contributed by atoms with E-state index in [2.05, 4.69) is 14.4 Å². The molecular formula is C8H13N3O4S2. The van der Waals surface area contributed by atoms with Gasteiger partial charge in [-0.2, -0.15) is 4.72 Å². The van der Waals surface area contributed by atoms with E-state index in [1.807, 2.05) is 0 Å². The van der Waals surface area contributed by atoms with E-state index in [1.54, 1.807) is 6.92 Å². The van der Waals surface area contributed by atoms with Gasteiger partial charge in [0, 0.05) is 0 Å². The van der Waals surface area contributed by atoms with E-state index in [9.17, 15) is 13.2 Å². The Balaban J connectivity index is 2.76. The number of aromatic nitrogens is 1. The Bertz CT molecular complexity index is 509. The lowest BCUT2D eigenvalue weighted by atomic mass is 10.6. The fourth-order valence-corrected chi connectivity index (χ4v) is 3.39. The van der Waals surface area contributed by atoms with Gasteiger partial charge in [-0.25, -0.2) is 13.4 Å². The summed E-state index contributed by atoms with van der Waals surface area (Å²) in [7, 11) is -3.76. The van der Waals surface area contributed by atoms with Crippen LogP contribution in [-0.4, -0.2) is 32.5 Å². The molecule has 1 aromatic rings. The van der Waals surface area contributed by atoms with Crippen LogP contribution in [0.1, 0.15) is 12.6 Å². The van der Waals surface area contributed by atoms with Crippen LogP contribution < -0.4 is 10.5 Å². The van der Waals surface area contributed by atoms with Gasteiger partial charge >= 0.3 is 5.97 Å². The van der Waals surface area contributed by atoms with Crippen LogP contribution in [0.4, 0.5) is 5.13 Å². The molecule has 0 unspecified atom stereocenters. The molecule has 0 saturated carbocycles. The topological polar surface area (TPSA) is 111 Å². The lowest BCUT2D eigenvalue weighted by Crippen LogP contribution is -2.30. The van der Waals surface area contributed by atoms with Crippen molar-refractivity contribution in [1.82, 2.24) is 9.71 Å². The van der Waals surface area contributed by atoms with Gasteiger partial charge in [-0.15, -0.1) is 0 Å². The first-order chi connectivity index (χ1) is 7.86. The molecule has 1 heterocycles. The van der Waals surface area contributed by atoms with Crippen LogP contribution in [0.3, 0.4) is 0 Å². The van der Waals surface area contributed by atoms with Crippen LogP contribution in [0.25, 0.3) is 0 Å². The minimum Gasteiger partial charge on any atom is -0.465 e. The number of nitrogens with zero attached hydrogens (tertiary/aromatic N) is 1. The fraction of sp³-hybridized carbons (Fsp3) is 0.500. The lowest BCUT2D eigenvalue weighted by Gasteiger charge is -2.04. The molecule has 9 heteroatoms. The molecular weight excluding hydrogens is 266 g/mol. The maximum absolute atomic E-state index is 11.8. The molecule has 7 nitrogen and oxygen atoms in total. The number of hydrogen-bond donors (Lipinski definition) is 2. The van der Waals surface area contributed by atoms with Crippen LogP contribution in [0.5, 0.6) is 0 Å². The van der Waals surface area contributed by atoms with Crippen LogP contribution in [0.2, 0.25) is 0 Å². The van der Waals surface area contributed by atoms with E-state index >= 15 is 0 Å². The summed E-state index contributed by atoms with van der Waals surface area (Å²) in [5, 5.41) is 0.166. The Hall–Kier alpha value is -1.19. The van der Waals surface area contributed by atoms with E-state index < -0.39 is 22.5 Å². The van der Waals surface area contributed by atoms with Gasteiger partial charge in [0.15, 0.2) is 9.34 Å². The SMILES string of the molecule is CCOC(=O)CNS(=O)(=O)c1sc(N)nc1C. The van der Waals surface area contributed by atoms with Crippen molar-refractivity contribution in [1.29, 1.82) is 0 Å². The van der Waals surface area contributed by atoms with Crippen molar-refractivity contribution in [3.8, 4) is 0 Å². The van der Waals surface area contributed by atoms with Crippen molar-refractivity contribution < 1.29 is 17.9 Å². The third-order valence-electron chi connectivity index (χ3n) is 1.73. The first kappa shape index (κ1) is 13.9. The van der Waals surface area contributed by atoms with Crippen LogP contribution >= 0.6 is 11.3 Å². The Labute approximate surface area is 103 Å². The molecule has 0 aliphatic carbocycles. The molecule has 0 radical (unpaired) electrons. The van der Waals surface area contributed by atoms with E-state index in [0.717, 1.165) is 11.3 Å². The summed E-state index contributed by atoms with van der Waals surface area (Å²) in [6.45, 7) is 2.97. The third-order valence-corrected chi connectivity index (χ3v) is 4.72. The van der Waals surface area contributed by atoms with Crippen molar-refractivity contribution in [3.63, 3.8) is 0 Å². The van der Waals surface area contributed by atoms with E-state index in [4.69, 9.17) is 5.73 Å². The van der Waals surface area contributed by atoms with Crippen molar-refractivity contribution in [2.75, 3.05) is 18.9 Å². The van der Waals surface area contributed by atoms with Crippen LogP contribution in [0, 0.1) is 6.92 Å². The molecule has 0 bridgehead atoms. The van der Waals surface area contributed by atoms with E-state index in [1.165, 1.54) is 6.92 Å². The second-order valence-corrected chi connectivity index (χ2v) is 6.05. The summed E-state index contributed by atoms with van der Waals surface area (Å²) >= 11 is 0.850. The molecule has 0 fully saturated rings. The number of aryl methyl sites for hydroxylation is 1. The minimum atomic E-state index is -3.76. The third kappa shape index (κ3) is 3.65. The van der Waals surface area contributed by atoms with Crippen molar-refractivity contribution >= 4 is 32.5 Å². The van der Waals surface area contributed by atoms with Crippen molar-refractivity contribution in [2.45, 2.75) is 18.1 Å². The van der Waals surface area contributed by atoms with E-state index in [-0.39, 0.29) is 15.9 Å². The predicted octanol–water partition coefficient (Wildman–Crippen LogP) is -0.125. The Morgan fingerprint density at radius 3 is 2.71 bits per heavy atom. The molecule has 1 aromatic heterocycles. The molecule has 0 aliphatic heterocycles. The molecule has 0 saturated heterocycles.